The van der Waals surface area contributed by atoms with Gasteiger partial charge in [-0.15, -0.1) is 0 Å². The zero-order chi connectivity index (χ0) is 29.9. The van der Waals surface area contributed by atoms with Gasteiger partial charge in [-0.1, -0.05) is 60.9 Å². The molecule has 0 aliphatic carbocycles. The second-order valence-corrected chi connectivity index (χ2v) is 11.7. The number of benzene rings is 1. The minimum atomic E-state index is -1.33. The summed E-state index contributed by atoms with van der Waals surface area (Å²) in [5.74, 6) is -3.29. The molecule has 0 aromatic heterocycles. The zero-order valence-electron chi connectivity index (χ0n) is 23.7. The van der Waals surface area contributed by atoms with Gasteiger partial charge in [0.15, 0.2) is 0 Å². The highest BCUT2D eigenvalue weighted by molar-refractivity contribution is 6.34. The zero-order valence-corrected chi connectivity index (χ0v) is 24.5. The van der Waals surface area contributed by atoms with Crippen LogP contribution in [0.1, 0.15) is 45.4 Å². The van der Waals surface area contributed by atoms with Crippen molar-refractivity contribution in [2.24, 2.45) is 11.8 Å². The topological polar surface area (TPSA) is 125 Å². The Balaban J connectivity index is 1.55. The summed E-state index contributed by atoms with van der Waals surface area (Å²) in [6.07, 6.45) is 9.42. The molecule has 1 spiro atoms. The van der Waals surface area contributed by atoms with Crippen LogP contribution >= 0.6 is 11.6 Å². The maximum atomic E-state index is 14.7. The van der Waals surface area contributed by atoms with E-state index in [0.29, 0.717) is 36.5 Å². The smallest absolute Gasteiger partial charge is 0.313 e. The normalized spacial score (nSPS) is 32.2. The van der Waals surface area contributed by atoms with Gasteiger partial charge in [-0.25, -0.2) is 0 Å². The van der Waals surface area contributed by atoms with E-state index in [9.17, 15) is 19.2 Å². The molecule has 226 valence electrons. The Labute approximate surface area is 250 Å². The van der Waals surface area contributed by atoms with Crippen molar-refractivity contribution >= 4 is 41.0 Å². The van der Waals surface area contributed by atoms with Crippen LogP contribution in [0.25, 0.3) is 0 Å². The van der Waals surface area contributed by atoms with Gasteiger partial charge in [0.25, 0.3) is 5.91 Å². The molecular weight excluding hydrogens is 562 g/mol. The largest absolute Gasteiger partial charge is 0.460 e. The number of anilines is 1. The molecule has 5 rings (SSSR count). The number of amides is 3. The molecule has 42 heavy (non-hydrogen) atoms. The predicted octanol–water partition coefficient (Wildman–Crippen LogP) is 2.77. The van der Waals surface area contributed by atoms with Crippen molar-refractivity contribution in [3.05, 3.63) is 53.6 Å². The average Bonchev–Trinajstić information content (AvgIpc) is 3.61. The number of carbonyl (C=O) groups is 4. The molecule has 2 saturated heterocycles. The fourth-order valence-electron chi connectivity index (χ4n) is 6.51. The minimum absolute atomic E-state index is 0.0984. The number of rotatable bonds is 7. The van der Waals surface area contributed by atoms with Crippen LogP contribution in [-0.4, -0.2) is 83.8 Å². The number of cyclic esters (lactones) is 1. The van der Waals surface area contributed by atoms with Crippen LogP contribution in [0, 0.1) is 11.8 Å². The number of aliphatic hydroxyl groups excluding tert-OH is 1. The molecule has 1 aromatic rings. The number of hydrogen-bond donors (Lipinski definition) is 2. The first-order valence-corrected chi connectivity index (χ1v) is 15.1. The summed E-state index contributed by atoms with van der Waals surface area (Å²) in [6, 6.07) is 5.99. The number of nitrogens with one attached hydrogen (secondary N) is 1. The van der Waals surface area contributed by atoms with Gasteiger partial charge in [-0.05, 0) is 38.3 Å². The monoisotopic (exact) mass is 599 g/mol. The van der Waals surface area contributed by atoms with E-state index in [1.807, 2.05) is 12.2 Å². The second-order valence-electron chi connectivity index (χ2n) is 11.3. The van der Waals surface area contributed by atoms with Gasteiger partial charge in [0.1, 0.15) is 23.7 Å². The quantitative estimate of drug-likeness (QED) is 0.280. The van der Waals surface area contributed by atoms with E-state index >= 15 is 0 Å². The van der Waals surface area contributed by atoms with Gasteiger partial charge in [0.05, 0.1) is 29.3 Å². The molecule has 0 saturated carbocycles. The van der Waals surface area contributed by atoms with Crippen molar-refractivity contribution in [3.8, 4) is 0 Å². The van der Waals surface area contributed by atoms with Crippen molar-refractivity contribution in [2.45, 2.75) is 69.3 Å². The molecule has 2 fully saturated rings. The highest BCUT2D eigenvalue weighted by atomic mass is 35.5. The lowest BCUT2D eigenvalue weighted by atomic mass is 9.74. The molecule has 4 aliphatic heterocycles. The number of para-hydroxylation sites is 1. The number of likely N-dealkylation sites (tertiary alicyclic amines) is 1. The number of hydrogen-bond acceptors (Lipinski definition) is 7. The molecule has 0 unspecified atom stereocenters. The average molecular weight is 600 g/mol. The first-order valence-electron chi connectivity index (χ1n) is 14.7. The highest BCUT2D eigenvalue weighted by Gasteiger charge is 2.73. The number of esters is 1. The Hall–Kier alpha value is -3.21. The third kappa shape index (κ3) is 5.72. The Morgan fingerprint density at radius 3 is 2.64 bits per heavy atom. The Morgan fingerprint density at radius 2 is 1.86 bits per heavy atom. The van der Waals surface area contributed by atoms with Crippen molar-refractivity contribution in [3.63, 3.8) is 0 Å². The van der Waals surface area contributed by atoms with Gasteiger partial charge < -0.3 is 29.7 Å². The molecule has 4 aliphatic rings. The highest BCUT2D eigenvalue weighted by Crippen LogP contribution is 2.56. The fraction of sp³-hybridized carbons (Fsp3) is 0.548. The Kier molecular flexibility index (Phi) is 9.35. The van der Waals surface area contributed by atoms with Gasteiger partial charge >= 0.3 is 5.97 Å². The summed E-state index contributed by atoms with van der Waals surface area (Å²) in [5, 5.41) is 12.3. The number of ether oxygens (including phenoxy) is 2. The van der Waals surface area contributed by atoms with Crippen LogP contribution in [0.15, 0.2) is 48.6 Å². The van der Waals surface area contributed by atoms with Crippen LogP contribution in [0.5, 0.6) is 0 Å². The summed E-state index contributed by atoms with van der Waals surface area (Å²) in [6.45, 7) is 2.40. The predicted molar refractivity (Wildman–Crippen MR) is 156 cm³/mol. The van der Waals surface area contributed by atoms with E-state index in [-0.39, 0.29) is 43.8 Å². The molecule has 1 aromatic carbocycles. The van der Waals surface area contributed by atoms with Gasteiger partial charge in [-0.3, -0.25) is 19.2 Å². The molecule has 5 bridgehead atoms. The lowest BCUT2D eigenvalue weighted by Gasteiger charge is -2.36. The molecule has 2 N–H and O–H groups in total. The molecule has 10 nitrogen and oxygen atoms in total. The number of halogens is 1. The second kappa shape index (κ2) is 13.0. The van der Waals surface area contributed by atoms with E-state index in [0.717, 1.165) is 12.8 Å². The van der Waals surface area contributed by atoms with Gasteiger partial charge in [-0.2, -0.15) is 0 Å². The fourth-order valence-corrected chi connectivity index (χ4v) is 6.74. The van der Waals surface area contributed by atoms with Crippen molar-refractivity contribution in [2.75, 3.05) is 31.1 Å². The number of carbonyl (C=O) groups excluding carboxylic acids is 4. The van der Waals surface area contributed by atoms with Gasteiger partial charge in [0.2, 0.25) is 11.8 Å². The van der Waals surface area contributed by atoms with Crippen molar-refractivity contribution < 1.29 is 33.8 Å². The summed E-state index contributed by atoms with van der Waals surface area (Å²) in [7, 11) is 0. The molecule has 3 amide bonds. The number of unbranched alkanes of at least 4 members (excludes halogenated alkanes) is 3. The lowest BCUT2D eigenvalue weighted by Crippen LogP contribution is -2.56. The standard InChI is InChI=1S/C31H38ClN3O7/c1-20-19-33-24(37)13-5-4-9-16-34(22-12-7-6-11-21(22)32)29(39)27-31-15-14-23(42-31)25(30(40)41-20)26(31)28(38)35(27)17-8-2-3-10-18-36/h4,6-7,9,11-12,14-15,20,23,25-27,36H,2-3,5,8,10,13,16-19H2,1H3,(H,33,37)/b9-4-/t20-,23+,25-,26-,27+,31-/m1/s1. The van der Waals surface area contributed by atoms with E-state index in [1.165, 1.54) is 0 Å². The summed E-state index contributed by atoms with van der Waals surface area (Å²) < 4.78 is 12.1. The van der Waals surface area contributed by atoms with E-state index in [4.69, 9.17) is 26.2 Å². The Morgan fingerprint density at radius 1 is 1.07 bits per heavy atom. The van der Waals surface area contributed by atoms with E-state index < -0.39 is 41.7 Å². The van der Waals surface area contributed by atoms with Crippen LogP contribution < -0.4 is 10.2 Å². The van der Waals surface area contributed by atoms with Crippen LogP contribution in [0.3, 0.4) is 0 Å². The first kappa shape index (κ1) is 30.3. The van der Waals surface area contributed by atoms with Gasteiger partial charge in [0, 0.05) is 26.1 Å². The minimum Gasteiger partial charge on any atom is -0.460 e. The van der Waals surface area contributed by atoms with Crippen LogP contribution in [-0.2, 0) is 28.7 Å². The summed E-state index contributed by atoms with van der Waals surface area (Å²) in [5.41, 5.74) is -0.844. The molecule has 6 atom stereocenters. The van der Waals surface area contributed by atoms with Crippen LogP contribution in [0.2, 0.25) is 5.02 Å². The third-order valence-electron chi connectivity index (χ3n) is 8.49. The van der Waals surface area contributed by atoms with Crippen LogP contribution in [0.4, 0.5) is 5.69 Å². The molecular formula is C31H38ClN3O7. The number of fused-ring (bicyclic) bond motifs is 2. The SMILES string of the molecule is C[C@@H]1CNC(=O)CC/C=C\CN(c2ccccc2Cl)C(=O)[C@@H]2N(CCCCCCO)C(=O)[C@H]3[C@H](C(=O)O1)[C@@H]1C=C[C@]23O1. The molecule has 0 radical (unpaired) electrons. The maximum Gasteiger partial charge on any atom is 0.313 e. The molecule has 4 heterocycles. The van der Waals surface area contributed by atoms with Crippen molar-refractivity contribution in [1.82, 2.24) is 10.2 Å². The lowest BCUT2D eigenvalue weighted by molar-refractivity contribution is -0.158. The van der Waals surface area contributed by atoms with E-state index in [1.54, 1.807) is 53.1 Å². The summed E-state index contributed by atoms with van der Waals surface area (Å²) >= 11 is 6.58. The van der Waals surface area contributed by atoms with Crippen molar-refractivity contribution in [1.29, 1.82) is 0 Å². The number of allylic oxidation sites excluding steroid dienone is 1. The maximum absolute atomic E-state index is 14.7. The third-order valence-corrected chi connectivity index (χ3v) is 8.81. The number of nitrogens with zero attached hydrogens (tertiary/aromatic N) is 2. The first-order chi connectivity index (χ1) is 20.3. The Bertz CT molecular complexity index is 1270. The summed E-state index contributed by atoms with van der Waals surface area (Å²) in [4.78, 5) is 57.8. The molecule has 11 heteroatoms. The van der Waals surface area contributed by atoms with E-state index in [2.05, 4.69) is 5.32 Å². The number of aliphatic hydroxyl groups is 1.